The second-order valence-corrected chi connectivity index (χ2v) is 12.7. The smallest absolute Gasteiger partial charge is 0.160 e. The highest BCUT2D eigenvalue weighted by Gasteiger charge is 2.14. The standard InChI is InChI=1S/C34H19BrN2S2/c35-23-13-9-20(10-14-23)28-19-29(21-11-15-32-26(17-21)24-5-1-3-7-30(24)38-32)37-34(36-28)22-12-16-33-27(18-22)25-6-2-4-8-31(25)39-33/h1-19H. The van der Waals surface area contributed by atoms with Crippen LogP contribution in [0.3, 0.4) is 0 Å². The van der Waals surface area contributed by atoms with Crippen LogP contribution < -0.4 is 0 Å². The molecule has 39 heavy (non-hydrogen) atoms. The van der Waals surface area contributed by atoms with Gasteiger partial charge in [0.1, 0.15) is 0 Å². The summed E-state index contributed by atoms with van der Waals surface area (Å²) in [6.45, 7) is 0. The zero-order valence-corrected chi connectivity index (χ0v) is 23.8. The van der Waals surface area contributed by atoms with Crippen LogP contribution in [0, 0.1) is 0 Å². The van der Waals surface area contributed by atoms with E-state index in [0.717, 1.165) is 38.4 Å². The van der Waals surface area contributed by atoms with Crippen molar-refractivity contribution in [3.05, 3.63) is 120 Å². The quantitative estimate of drug-likeness (QED) is 0.202. The minimum Gasteiger partial charge on any atom is -0.228 e. The predicted molar refractivity (Wildman–Crippen MR) is 172 cm³/mol. The summed E-state index contributed by atoms with van der Waals surface area (Å²) in [6.07, 6.45) is 0. The molecule has 5 aromatic carbocycles. The Morgan fingerprint density at radius 1 is 0.436 bits per heavy atom. The second kappa shape index (κ2) is 9.09. The molecule has 2 nitrogen and oxygen atoms in total. The molecule has 0 aliphatic rings. The Balaban J connectivity index is 1.35. The monoisotopic (exact) mass is 598 g/mol. The van der Waals surface area contributed by atoms with Crippen molar-refractivity contribution in [2.24, 2.45) is 0 Å². The molecule has 8 rings (SSSR count). The number of thiophene rings is 2. The van der Waals surface area contributed by atoms with Crippen LogP contribution in [0.1, 0.15) is 0 Å². The van der Waals surface area contributed by atoms with Gasteiger partial charge in [0.15, 0.2) is 5.82 Å². The summed E-state index contributed by atoms with van der Waals surface area (Å²) in [5, 5.41) is 5.08. The van der Waals surface area contributed by atoms with Crippen LogP contribution in [-0.2, 0) is 0 Å². The number of nitrogens with zero attached hydrogens (tertiary/aromatic N) is 2. The first-order chi connectivity index (χ1) is 19.2. The maximum Gasteiger partial charge on any atom is 0.160 e. The van der Waals surface area contributed by atoms with Gasteiger partial charge in [-0.05, 0) is 60.7 Å². The van der Waals surface area contributed by atoms with E-state index in [1.54, 1.807) is 0 Å². The summed E-state index contributed by atoms with van der Waals surface area (Å²) in [5.41, 5.74) is 5.01. The summed E-state index contributed by atoms with van der Waals surface area (Å²) < 4.78 is 6.22. The van der Waals surface area contributed by atoms with Gasteiger partial charge in [-0.25, -0.2) is 9.97 Å². The Morgan fingerprint density at radius 3 is 1.56 bits per heavy atom. The van der Waals surface area contributed by atoms with Crippen molar-refractivity contribution in [2.45, 2.75) is 0 Å². The molecule has 0 fully saturated rings. The van der Waals surface area contributed by atoms with Crippen LogP contribution in [0.2, 0.25) is 0 Å². The van der Waals surface area contributed by atoms with E-state index in [2.05, 4.69) is 131 Å². The van der Waals surface area contributed by atoms with E-state index in [4.69, 9.17) is 9.97 Å². The highest BCUT2D eigenvalue weighted by Crippen LogP contribution is 2.38. The molecule has 0 saturated carbocycles. The third-order valence-corrected chi connectivity index (χ3v) is 10.0. The Hall–Kier alpha value is -3.90. The number of hydrogen-bond donors (Lipinski definition) is 0. The van der Waals surface area contributed by atoms with Crippen molar-refractivity contribution in [1.29, 1.82) is 0 Å². The number of benzene rings is 5. The molecule has 0 spiro atoms. The topological polar surface area (TPSA) is 25.8 Å². The minimum absolute atomic E-state index is 0.734. The van der Waals surface area contributed by atoms with Crippen LogP contribution in [0.25, 0.3) is 74.2 Å². The molecule has 0 aliphatic heterocycles. The van der Waals surface area contributed by atoms with Gasteiger partial charge in [-0.1, -0.05) is 70.5 Å². The second-order valence-electron chi connectivity index (χ2n) is 9.59. The fraction of sp³-hybridized carbons (Fsp3) is 0. The summed E-state index contributed by atoms with van der Waals surface area (Å²) >= 11 is 7.23. The fourth-order valence-electron chi connectivity index (χ4n) is 5.24. The summed E-state index contributed by atoms with van der Waals surface area (Å²) in [6, 6.07) is 40.9. The SMILES string of the molecule is Brc1ccc(-c2cc(-c3ccc4sc5ccccc5c4c3)nc(-c3ccc4sc5ccccc5c4c3)n2)cc1. The van der Waals surface area contributed by atoms with E-state index in [1.165, 1.54) is 40.3 Å². The molecular weight excluding hydrogens is 580 g/mol. The van der Waals surface area contributed by atoms with Crippen molar-refractivity contribution in [3.63, 3.8) is 0 Å². The Kier molecular flexibility index (Phi) is 5.37. The first-order valence-corrected chi connectivity index (χ1v) is 15.1. The number of hydrogen-bond acceptors (Lipinski definition) is 4. The molecular formula is C34H19BrN2S2. The van der Waals surface area contributed by atoms with Gasteiger partial charge < -0.3 is 0 Å². The lowest BCUT2D eigenvalue weighted by Gasteiger charge is -2.10. The molecule has 184 valence electrons. The van der Waals surface area contributed by atoms with Crippen LogP contribution in [0.5, 0.6) is 0 Å². The lowest BCUT2D eigenvalue weighted by molar-refractivity contribution is 1.18. The average Bonchev–Trinajstić information content (AvgIpc) is 3.55. The minimum atomic E-state index is 0.734. The third kappa shape index (κ3) is 3.97. The molecule has 0 bridgehead atoms. The van der Waals surface area contributed by atoms with Gasteiger partial charge in [-0.2, -0.15) is 0 Å². The molecule has 0 atom stereocenters. The van der Waals surface area contributed by atoms with Gasteiger partial charge in [0.2, 0.25) is 0 Å². The number of fused-ring (bicyclic) bond motifs is 6. The van der Waals surface area contributed by atoms with Crippen LogP contribution in [-0.4, -0.2) is 9.97 Å². The first kappa shape index (κ1) is 23.0. The molecule has 5 heteroatoms. The molecule has 8 aromatic rings. The highest BCUT2D eigenvalue weighted by atomic mass is 79.9. The van der Waals surface area contributed by atoms with Crippen molar-refractivity contribution >= 4 is 78.9 Å². The van der Waals surface area contributed by atoms with Gasteiger partial charge >= 0.3 is 0 Å². The predicted octanol–water partition coefficient (Wildman–Crippen LogP) is 11.0. The van der Waals surface area contributed by atoms with Gasteiger partial charge in [0, 0.05) is 61.5 Å². The maximum absolute atomic E-state index is 5.15. The Morgan fingerprint density at radius 2 is 0.923 bits per heavy atom. The van der Waals surface area contributed by atoms with E-state index >= 15 is 0 Å². The van der Waals surface area contributed by atoms with Crippen LogP contribution in [0.15, 0.2) is 120 Å². The van der Waals surface area contributed by atoms with Gasteiger partial charge in [-0.15, -0.1) is 22.7 Å². The van der Waals surface area contributed by atoms with E-state index < -0.39 is 0 Å². The molecule has 0 N–H and O–H groups in total. The fourth-order valence-corrected chi connectivity index (χ4v) is 7.68. The molecule has 3 aromatic heterocycles. The van der Waals surface area contributed by atoms with Crippen LogP contribution >= 0.6 is 38.6 Å². The van der Waals surface area contributed by atoms with Crippen molar-refractivity contribution < 1.29 is 0 Å². The first-order valence-electron chi connectivity index (χ1n) is 12.7. The van der Waals surface area contributed by atoms with Gasteiger partial charge in [0.25, 0.3) is 0 Å². The number of rotatable bonds is 3. The van der Waals surface area contributed by atoms with Crippen molar-refractivity contribution in [2.75, 3.05) is 0 Å². The molecule has 0 unspecified atom stereocenters. The van der Waals surface area contributed by atoms with E-state index in [0.29, 0.717) is 0 Å². The van der Waals surface area contributed by atoms with E-state index in [1.807, 2.05) is 22.7 Å². The summed E-state index contributed by atoms with van der Waals surface area (Å²) in [4.78, 5) is 10.2. The average molecular weight is 600 g/mol. The highest BCUT2D eigenvalue weighted by molar-refractivity contribution is 9.10. The normalized spacial score (nSPS) is 11.7. The van der Waals surface area contributed by atoms with Gasteiger partial charge in [-0.3, -0.25) is 0 Å². The number of aromatic nitrogens is 2. The lowest BCUT2D eigenvalue weighted by atomic mass is 10.0. The lowest BCUT2D eigenvalue weighted by Crippen LogP contribution is -1.96. The largest absolute Gasteiger partial charge is 0.228 e. The molecule has 0 saturated heterocycles. The van der Waals surface area contributed by atoms with Gasteiger partial charge in [0.05, 0.1) is 11.4 Å². The van der Waals surface area contributed by atoms with Crippen LogP contribution in [0.4, 0.5) is 0 Å². The van der Waals surface area contributed by atoms with Crippen molar-refractivity contribution in [1.82, 2.24) is 9.97 Å². The third-order valence-electron chi connectivity index (χ3n) is 7.17. The zero-order chi connectivity index (χ0) is 25.9. The van der Waals surface area contributed by atoms with E-state index in [-0.39, 0.29) is 0 Å². The maximum atomic E-state index is 5.15. The Labute approximate surface area is 241 Å². The van der Waals surface area contributed by atoms with E-state index in [9.17, 15) is 0 Å². The Bertz CT molecular complexity index is 2060. The molecule has 0 aliphatic carbocycles. The van der Waals surface area contributed by atoms with Crippen molar-refractivity contribution in [3.8, 4) is 33.9 Å². The summed E-state index contributed by atoms with van der Waals surface area (Å²) in [5.74, 6) is 0.734. The number of halogens is 1. The molecule has 0 radical (unpaired) electrons. The molecule has 0 amide bonds. The molecule has 3 heterocycles. The summed E-state index contributed by atoms with van der Waals surface area (Å²) in [7, 11) is 0. The zero-order valence-electron chi connectivity index (χ0n) is 20.6.